The monoisotopic (exact) mass is 516 g/mol. The van der Waals surface area contributed by atoms with E-state index in [4.69, 9.17) is 4.74 Å². The number of rotatable bonds is 8. The molecule has 0 aliphatic heterocycles. The van der Waals surface area contributed by atoms with Crippen LogP contribution in [-0.2, 0) is 27.7 Å². The van der Waals surface area contributed by atoms with E-state index in [0.717, 1.165) is 27.7 Å². The van der Waals surface area contributed by atoms with Crippen LogP contribution >= 0.6 is 0 Å². The minimum absolute atomic E-state index is 0.00234. The number of hydrogen-bond acceptors (Lipinski definition) is 5. The number of carbonyl (C=O) groups is 1. The molecule has 3 aromatic rings. The molecular formula is C26H33FN4O4S. The van der Waals surface area contributed by atoms with Gasteiger partial charge in [0.05, 0.1) is 17.0 Å². The molecule has 36 heavy (non-hydrogen) atoms. The molecule has 1 N–H and O–H groups in total. The zero-order valence-electron chi connectivity index (χ0n) is 21.5. The molecular weight excluding hydrogens is 483 g/mol. The lowest BCUT2D eigenvalue weighted by atomic mass is 10.0. The molecule has 0 saturated carbocycles. The summed E-state index contributed by atoms with van der Waals surface area (Å²) >= 11 is 0. The molecule has 2 aromatic heterocycles. The molecule has 194 valence electrons. The van der Waals surface area contributed by atoms with Gasteiger partial charge in [0, 0.05) is 44.1 Å². The molecule has 3 rings (SSSR count). The number of sulfonamides is 1. The van der Waals surface area contributed by atoms with Gasteiger partial charge in [-0.05, 0) is 69.5 Å². The first-order valence-electron chi connectivity index (χ1n) is 11.5. The molecule has 0 unspecified atom stereocenters. The standard InChI is InChI=1S/C26H33FN4O4S/c1-18-22(15-19-7-9-21(10-8-19)36(33,34)30(5)6)23-16-28-13-12-24(23)31(18)17-20(27)11-14-29-25(32)35-26(2,3)4/h7-13,16H,14-15,17H2,1-6H3,(H,29,32)/b20-11-. The number of hydrogen-bond donors (Lipinski definition) is 1. The largest absolute Gasteiger partial charge is 0.444 e. The maximum absolute atomic E-state index is 14.8. The summed E-state index contributed by atoms with van der Waals surface area (Å²) in [6, 6.07) is 8.61. The number of fused-ring (bicyclic) bond motifs is 1. The average Bonchev–Trinajstić information content (AvgIpc) is 3.04. The molecule has 1 aromatic carbocycles. The molecule has 0 aliphatic rings. The van der Waals surface area contributed by atoms with E-state index in [-0.39, 0.29) is 18.0 Å². The molecule has 0 spiro atoms. The van der Waals surface area contributed by atoms with Crippen molar-refractivity contribution in [2.45, 2.75) is 51.2 Å². The van der Waals surface area contributed by atoms with Crippen molar-refractivity contribution in [2.75, 3.05) is 20.6 Å². The van der Waals surface area contributed by atoms with Gasteiger partial charge in [-0.2, -0.15) is 0 Å². The van der Waals surface area contributed by atoms with E-state index in [9.17, 15) is 17.6 Å². The van der Waals surface area contributed by atoms with Crippen molar-refractivity contribution >= 4 is 27.0 Å². The van der Waals surface area contributed by atoms with Crippen LogP contribution in [0.15, 0.2) is 59.5 Å². The van der Waals surface area contributed by atoms with Crippen LogP contribution < -0.4 is 5.32 Å². The fourth-order valence-electron chi connectivity index (χ4n) is 3.79. The fraction of sp³-hybridized carbons (Fsp3) is 0.385. The van der Waals surface area contributed by atoms with Crippen molar-refractivity contribution in [3.05, 3.63) is 71.4 Å². The van der Waals surface area contributed by atoms with Gasteiger partial charge in [-0.1, -0.05) is 12.1 Å². The smallest absolute Gasteiger partial charge is 0.407 e. The number of ether oxygens (including phenoxy) is 1. The molecule has 0 aliphatic carbocycles. The van der Waals surface area contributed by atoms with E-state index in [0.29, 0.717) is 6.42 Å². The number of alkyl carbamates (subject to hydrolysis) is 1. The van der Waals surface area contributed by atoms with Gasteiger partial charge in [0.1, 0.15) is 11.4 Å². The summed E-state index contributed by atoms with van der Waals surface area (Å²) in [7, 11) is -0.512. The van der Waals surface area contributed by atoms with Gasteiger partial charge < -0.3 is 14.6 Å². The normalized spacial score (nSPS) is 12.8. The molecule has 0 radical (unpaired) electrons. The van der Waals surface area contributed by atoms with Crippen molar-refractivity contribution < 1.29 is 22.3 Å². The summed E-state index contributed by atoms with van der Waals surface area (Å²) in [4.78, 5) is 16.3. The van der Waals surface area contributed by atoms with Crippen LogP contribution in [0.3, 0.4) is 0 Å². The van der Waals surface area contributed by atoms with Gasteiger partial charge in [0.25, 0.3) is 0 Å². The summed E-state index contributed by atoms with van der Waals surface area (Å²) in [6.07, 6.45) is 4.67. The lowest BCUT2D eigenvalue weighted by Gasteiger charge is -2.19. The van der Waals surface area contributed by atoms with Crippen LogP contribution in [0.1, 0.15) is 37.6 Å². The lowest BCUT2D eigenvalue weighted by Crippen LogP contribution is -2.32. The summed E-state index contributed by atoms with van der Waals surface area (Å²) < 4.78 is 47.7. The van der Waals surface area contributed by atoms with Crippen molar-refractivity contribution in [3.8, 4) is 0 Å². The molecule has 8 nitrogen and oxygen atoms in total. The lowest BCUT2D eigenvalue weighted by molar-refractivity contribution is 0.0534. The number of carbonyl (C=O) groups excluding carboxylic acids is 1. The summed E-state index contributed by atoms with van der Waals surface area (Å²) in [5, 5.41) is 3.43. The topological polar surface area (TPSA) is 93.5 Å². The fourth-order valence-corrected chi connectivity index (χ4v) is 4.69. The Bertz CT molecular complexity index is 1370. The second-order valence-corrected chi connectivity index (χ2v) is 11.8. The first kappa shape index (κ1) is 27.3. The van der Waals surface area contributed by atoms with Gasteiger partial charge in [0.2, 0.25) is 10.0 Å². The number of amides is 1. The van der Waals surface area contributed by atoms with E-state index in [2.05, 4.69) is 10.3 Å². The molecule has 1 amide bonds. The number of allylic oxidation sites excluding steroid dienone is 1. The number of halogens is 1. The third kappa shape index (κ3) is 6.50. The number of benzene rings is 1. The Labute approximate surface area is 211 Å². The first-order valence-corrected chi connectivity index (χ1v) is 13.0. The highest BCUT2D eigenvalue weighted by Gasteiger charge is 2.19. The van der Waals surface area contributed by atoms with Crippen LogP contribution in [0, 0.1) is 6.92 Å². The number of aromatic nitrogens is 2. The maximum atomic E-state index is 14.8. The maximum Gasteiger partial charge on any atom is 0.407 e. The number of nitrogens with zero attached hydrogens (tertiary/aromatic N) is 3. The van der Waals surface area contributed by atoms with E-state index in [1.165, 1.54) is 24.5 Å². The second kappa shape index (κ2) is 10.8. The van der Waals surface area contributed by atoms with Gasteiger partial charge in [0.15, 0.2) is 0 Å². The second-order valence-electron chi connectivity index (χ2n) is 9.68. The Morgan fingerprint density at radius 1 is 1.19 bits per heavy atom. The Hall–Kier alpha value is -3.24. The first-order chi connectivity index (χ1) is 16.8. The molecule has 0 atom stereocenters. The van der Waals surface area contributed by atoms with E-state index < -0.39 is 27.5 Å². The molecule has 0 fully saturated rings. The van der Waals surface area contributed by atoms with Crippen LogP contribution in [-0.4, -0.2) is 54.6 Å². The zero-order valence-corrected chi connectivity index (χ0v) is 22.3. The SMILES string of the molecule is Cc1c(Cc2ccc(S(=O)(=O)N(C)C)cc2)c2cnccc2n1C/C(F)=C/CNC(=O)OC(C)(C)C. The van der Waals surface area contributed by atoms with E-state index in [1.807, 2.05) is 17.6 Å². The van der Waals surface area contributed by atoms with Gasteiger partial charge >= 0.3 is 6.09 Å². The van der Waals surface area contributed by atoms with Crippen LogP contribution in [0.5, 0.6) is 0 Å². The Morgan fingerprint density at radius 3 is 2.47 bits per heavy atom. The van der Waals surface area contributed by atoms with Crippen LogP contribution in [0.4, 0.5) is 9.18 Å². The molecule has 0 saturated heterocycles. The minimum Gasteiger partial charge on any atom is -0.444 e. The van der Waals surface area contributed by atoms with Crippen molar-refractivity contribution in [3.63, 3.8) is 0 Å². The predicted molar refractivity (Wildman–Crippen MR) is 138 cm³/mol. The molecule has 2 heterocycles. The molecule has 0 bridgehead atoms. The van der Waals surface area contributed by atoms with Crippen LogP contribution in [0.25, 0.3) is 10.9 Å². The quantitative estimate of drug-likeness (QED) is 0.474. The predicted octanol–water partition coefficient (Wildman–Crippen LogP) is 4.56. The summed E-state index contributed by atoms with van der Waals surface area (Å²) in [6.45, 7) is 7.21. The van der Waals surface area contributed by atoms with Crippen LogP contribution in [0.2, 0.25) is 0 Å². The Morgan fingerprint density at radius 2 is 1.86 bits per heavy atom. The van der Waals surface area contributed by atoms with Gasteiger partial charge in [-0.15, -0.1) is 0 Å². The highest BCUT2D eigenvalue weighted by atomic mass is 32.2. The van der Waals surface area contributed by atoms with Crippen molar-refractivity contribution in [2.24, 2.45) is 0 Å². The third-order valence-corrected chi connectivity index (χ3v) is 7.45. The highest BCUT2D eigenvalue weighted by Crippen LogP contribution is 2.29. The number of nitrogens with one attached hydrogen (secondary N) is 1. The van der Waals surface area contributed by atoms with E-state index >= 15 is 0 Å². The summed E-state index contributed by atoms with van der Waals surface area (Å²) in [5.41, 5.74) is 3.01. The minimum atomic E-state index is -3.50. The number of pyridine rings is 1. The third-order valence-electron chi connectivity index (χ3n) is 5.62. The van der Waals surface area contributed by atoms with Gasteiger partial charge in [-0.25, -0.2) is 21.9 Å². The van der Waals surface area contributed by atoms with Gasteiger partial charge in [-0.3, -0.25) is 4.98 Å². The zero-order chi connectivity index (χ0) is 26.7. The Kier molecular flexibility index (Phi) is 8.20. The van der Waals surface area contributed by atoms with Crippen molar-refractivity contribution in [1.82, 2.24) is 19.2 Å². The highest BCUT2D eigenvalue weighted by molar-refractivity contribution is 7.89. The summed E-state index contributed by atoms with van der Waals surface area (Å²) in [5.74, 6) is -0.396. The van der Waals surface area contributed by atoms with E-state index in [1.54, 1.807) is 57.4 Å². The van der Waals surface area contributed by atoms with Crippen molar-refractivity contribution in [1.29, 1.82) is 0 Å². The molecule has 10 heteroatoms. The Balaban J connectivity index is 1.81. The average molecular weight is 517 g/mol.